The highest BCUT2D eigenvalue weighted by Crippen LogP contribution is 2.42. The van der Waals surface area contributed by atoms with E-state index in [0.717, 1.165) is 11.3 Å². The Labute approximate surface area is 119 Å². The molecule has 3 rings (SSSR count). The normalized spacial score (nSPS) is 17.7. The molecule has 2 nitrogen and oxygen atoms in total. The Morgan fingerprint density at radius 1 is 1.15 bits per heavy atom. The van der Waals surface area contributed by atoms with E-state index in [1.807, 2.05) is 36.5 Å². The fraction of sp³-hybridized carbons (Fsp3) is 0.353. The van der Waals surface area contributed by atoms with Crippen LogP contribution in [0.1, 0.15) is 43.1 Å². The molecule has 2 atom stereocenters. The monoisotopic (exact) mass is 270 g/mol. The third-order valence-electron chi connectivity index (χ3n) is 3.88. The molecule has 1 aliphatic carbocycles. The average molecular weight is 270 g/mol. The van der Waals surface area contributed by atoms with Crippen LogP contribution in [0.4, 0.5) is 4.39 Å². The van der Waals surface area contributed by atoms with Gasteiger partial charge >= 0.3 is 0 Å². The molecule has 2 aromatic rings. The molecule has 1 fully saturated rings. The number of pyridine rings is 1. The van der Waals surface area contributed by atoms with Crippen LogP contribution < -0.4 is 5.32 Å². The van der Waals surface area contributed by atoms with Gasteiger partial charge in [0.15, 0.2) is 0 Å². The molecule has 0 saturated heterocycles. The Balaban J connectivity index is 1.76. The molecule has 0 amide bonds. The molecule has 0 spiro atoms. The van der Waals surface area contributed by atoms with E-state index in [0.29, 0.717) is 5.92 Å². The lowest BCUT2D eigenvalue weighted by atomic mass is 10.0. The van der Waals surface area contributed by atoms with Crippen molar-refractivity contribution in [2.24, 2.45) is 5.92 Å². The maximum absolute atomic E-state index is 13.1. The summed E-state index contributed by atoms with van der Waals surface area (Å²) >= 11 is 0. The second-order valence-electron chi connectivity index (χ2n) is 5.51. The van der Waals surface area contributed by atoms with Gasteiger partial charge in [0.1, 0.15) is 5.82 Å². The minimum Gasteiger partial charge on any atom is -0.302 e. The van der Waals surface area contributed by atoms with Crippen LogP contribution in [0, 0.1) is 11.7 Å². The van der Waals surface area contributed by atoms with Crippen LogP contribution in [0.5, 0.6) is 0 Å². The molecular formula is C17H19FN2. The van der Waals surface area contributed by atoms with Crippen LogP contribution in [-0.2, 0) is 0 Å². The highest BCUT2D eigenvalue weighted by molar-refractivity contribution is 5.23. The third-order valence-corrected chi connectivity index (χ3v) is 3.88. The zero-order valence-electron chi connectivity index (χ0n) is 11.6. The van der Waals surface area contributed by atoms with E-state index in [2.05, 4.69) is 17.2 Å². The van der Waals surface area contributed by atoms with Gasteiger partial charge in [0, 0.05) is 18.3 Å². The smallest absolute Gasteiger partial charge is 0.123 e. The van der Waals surface area contributed by atoms with Crippen molar-refractivity contribution in [1.82, 2.24) is 10.3 Å². The van der Waals surface area contributed by atoms with Crippen LogP contribution >= 0.6 is 0 Å². The maximum Gasteiger partial charge on any atom is 0.123 e. The summed E-state index contributed by atoms with van der Waals surface area (Å²) in [7, 11) is 0. The maximum atomic E-state index is 13.1. The minimum atomic E-state index is -0.180. The first-order valence-corrected chi connectivity index (χ1v) is 7.16. The summed E-state index contributed by atoms with van der Waals surface area (Å²) in [6.45, 7) is 2.13. The third kappa shape index (κ3) is 3.05. The van der Waals surface area contributed by atoms with Crippen LogP contribution in [0.15, 0.2) is 48.7 Å². The average Bonchev–Trinajstić information content (AvgIpc) is 3.31. The van der Waals surface area contributed by atoms with Crippen molar-refractivity contribution in [2.75, 3.05) is 0 Å². The fourth-order valence-electron chi connectivity index (χ4n) is 2.59. The number of halogens is 1. The molecule has 1 unspecified atom stereocenters. The van der Waals surface area contributed by atoms with Gasteiger partial charge in [0.2, 0.25) is 0 Å². The molecule has 3 heteroatoms. The Morgan fingerprint density at radius 2 is 1.90 bits per heavy atom. The Morgan fingerprint density at radius 3 is 2.50 bits per heavy atom. The Bertz CT molecular complexity index is 549. The number of hydrogen-bond acceptors (Lipinski definition) is 2. The second-order valence-corrected chi connectivity index (χ2v) is 5.51. The van der Waals surface area contributed by atoms with Crippen molar-refractivity contribution < 1.29 is 4.39 Å². The fourth-order valence-corrected chi connectivity index (χ4v) is 2.59. The van der Waals surface area contributed by atoms with E-state index in [1.54, 1.807) is 0 Å². The first-order valence-electron chi connectivity index (χ1n) is 7.16. The van der Waals surface area contributed by atoms with Gasteiger partial charge in [0.05, 0.1) is 5.69 Å². The predicted octanol–water partition coefficient (Wildman–Crippen LogP) is 4.02. The standard InChI is InChI=1S/C17H19FN2/c1-12(16-4-2-3-11-19-16)20-17(13-5-6-13)14-7-9-15(18)10-8-14/h2-4,7-13,17,20H,5-6H2,1H3/t12-,17?/m1/s1. The Hall–Kier alpha value is -1.74. The van der Waals surface area contributed by atoms with Crippen molar-refractivity contribution >= 4 is 0 Å². The summed E-state index contributed by atoms with van der Waals surface area (Å²) in [5, 5.41) is 3.65. The van der Waals surface area contributed by atoms with E-state index < -0.39 is 0 Å². The van der Waals surface area contributed by atoms with Crippen molar-refractivity contribution in [3.05, 3.63) is 65.7 Å². The first-order chi connectivity index (χ1) is 9.74. The molecule has 20 heavy (non-hydrogen) atoms. The predicted molar refractivity (Wildman–Crippen MR) is 77.7 cm³/mol. The molecule has 1 aliphatic rings. The number of hydrogen-bond donors (Lipinski definition) is 1. The Kier molecular flexibility index (Phi) is 3.79. The van der Waals surface area contributed by atoms with Gasteiger partial charge in [-0.2, -0.15) is 0 Å². The second kappa shape index (κ2) is 5.71. The molecule has 1 saturated carbocycles. The molecule has 104 valence electrons. The largest absolute Gasteiger partial charge is 0.302 e. The lowest BCUT2D eigenvalue weighted by Crippen LogP contribution is -2.26. The molecule has 0 bridgehead atoms. The van der Waals surface area contributed by atoms with Crippen molar-refractivity contribution in [1.29, 1.82) is 0 Å². The summed E-state index contributed by atoms with van der Waals surface area (Å²) in [6, 6.07) is 13.3. The van der Waals surface area contributed by atoms with Crippen LogP contribution in [-0.4, -0.2) is 4.98 Å². The summed E-state index contributed by atoms with van der Waals surface area (Å²) in [5.41, 5.74) is 2.21. The molecule has 1 aromatic carbocycles. The van der Waals surface area contributed by atoms with Crippen molar-refractivity contribution in [2.45, 2.75) is 31.8 Å². The number of nitrogens with one attached hydrogen (secondary N) is 1. The number of benzene rings is 1. The lowest BCUT2D eigenvalue weighted by Gasteiger charge is -2.23. The van der Waals surface area contributed by atoms with Gasteiger partial charge in [-0.05, 0) is 55.5 Å². The van der Waals surface area contributed by atoms with Crippen LogP contribution in [0.2, 0.25) is 0 Å². The van der Waals surface area contributed by atoms with Gasteiger partial charge in [0.25, 0.3) is 0 Å². The topological polar surface area (TPSA) is 24.9 Å². The highest BCUT2D eigenvalue weighted by atomic mass is 19.1. The van der Waals surface area contributed by atoms with E-state index in [-0.39, 0.29) is 17.9 Å². The summed E-state index contributed by atoms with van der Waals surface area (Å²) in [6.07, 6.45) is 4.30. The lowest BCUT2D eigenvalue weighted by molar-refractivity contribution is 0.422. The van der Waals surface area contributed by atoms with Gasteiger partial charge in [-0.3, -0.25) is 4.98 Å². The number of rotatable bonds is 5. The highest BCUT2D eigenvalue weighted by Gasteiger charge is 2.33. The van der Waals surface area contributed by atoms with Crippen LogP contribution in [0.3, 0.4) is 0 Å². The first kappa shape index (κ1) is 13.3. The van der Waals surface area contributed by atoms with E-state index in [1.165, 1.54) is 25.0 Å². The van der Waals surface area contributed by atoms with Crippen LogP contribution in [0.25, 0.3) is 0 Å². The van der Waals surface area contributed by atoms with Gasteiger partial charge in [-0.25, -0.2) is 4.39 Å². The van der Waals surface area contributed by atoms with E-state index in [4.69, 9.17) is 0 Å². The summed E-state index contributed by atoms with van der Waals surface area (Å²) in [4.78, 5) is 4.40. The molecule has 0 radical (unpaired) electrons. The minimum absolute atomic E-state index is 0.180. The zero-order valence-corrected chi connectivity index (χ0v) is 11.6. The quantitative estimate of drug-likeness (QED) is 0.887. The van der Waals surface area contributed by atoms with Crippen molar-refractivity contribution in [3.8, 4) is 0 Å². The van der Waals surface area contributed by atoms with Gasteiger partial charge in [-0.15, -0.1) is 0 Å². The molecule has 1 N–H and O–H groups in total. The van der Waals surface area contributed by atoms with Gasteiger partial charge < -0.3 is 5.32 Å². The summed E-state index contributed by atoms with van der Waals surface area (Å²) < 4.78 is 13.1. The van der Waals surface area contributed by atoms with E-state index in [9.17, 15) is 4.39 Å². The van der Waals surface area contributed by atoms with E-state index >= 15 is 0 Å². The molecule has 1 heterocycles. The van der Waals surface area contributed by atoms with Gasteiger partial charge in [-0.1, -0.05) is 18.2 Å². The molecule has 1 aromatic heterocycles. The van der Waals surface area contributed by atoms with Crippen molar-refractivity contribution in [3.63, 3.8) is 0 Å². The summed E-state index contributed by atoms with van der Waals surface area (Å²) in [5.74, 6) is 0.479. The number of aromatic nitrogens is 1. The molecule has 0 aliphatic heterocycles. The molecular weight excluding hydrogens is 251 g/mol. The SMILES string of the molecule is C[C@@H](NC(c1ccc(F)cc1)C1CC1)c1ccccn1. The zero-order chi connectivity index (χ0) is 13.9. The number of nitrogens with zero attached hydrogens (tertiary/aromatic N) is 1.